The van der Waals surface area contributed by atoms with Gasteiger partial charge in [-0.15, -0.1) is 0 Å². The molecule has 0 radical (unpaired) electrons. The van der Waals surface area contributed by atoms with Crippen LogP contribution in [-0.4, -0.2) is 27.6 Å². The normalized spacial score (nSPS) is 11.9. The van der Waals surface area contributed by atoms with Crippen molar-refractivity contribution in [3.05, 3.63) is 53.7 Å². The molecule has 1 heterocycles. The quantitative estimate of drug-likeness (QED) is 0.875. The molecule has 104 valence electrons. The van der Waals surface area contributed by atoms with E-state index < -0.39 is 17.7 Å². The van der Waals surface area contributed by atoms with E-state index in [0.717, 1.165) is 0 Å². The van der Waals surface area contributed by atoms with Gasteiger partial charge in [-0.25, -0.2) is 14.4 Å². The lowest BCUT2D eigenvalue weighted by Gasteiger charge is -2.14. The van der Waals surface area contributed by atoms with E-state index in [-0.39, 0.29) is 18.1 Å². The molecule has 0 aliphatic carbocycles. The summed E-state index contributed by atoms with van der Waals surface area (Å²) in [5, 5.41) is 12.0. The van der Waals surface area contributed by atoms with Crippen LogP contribution < -0.4 is 5.32 Å². The molecule has 20 heavy (non-hydrogen) atoms. The minimum absolute atomic E-state index is 0.0136. The van der Waals surface area contributed by atoms with Crippen molar-refractivity contribution in [2.45, 2.75) is 12.8 Å². The Hall–Kier alpha value is -2.50. The van der Waals surface area contributed by atoms with Gasteiger partial charge in [-0.2, -0.15) is 0 Å². The number of nitrogens with zero attached hydrogens (tertiary/aromatic N) is 2. The second-order valence-corrected chi connectivity index (χ2v) is 4.30. The van der Waals surface area contributed by atoms with Crippen molar-refractivity contribution < 1.29 is 14.3 Å². The van der Waals surface area contributed by atoms with E-state index in [4.69, 9.17) is 0 Å². The van der Waals surface area contributed by atoms with Crippen molar-refractivity contribution in [1.82, 2.24) is 9.97 Å². The zero-order valence-corrected chi connectivity index (χ0v) is 10.9. The van der Waals surface area contributed by atoms with E-state index in [1.807, 2.05) is 6.07 Å². The highest BCUT2D eigenvalue weighted by molar-refractivity contribution is 5.76. The number of carbonyl (C=O) groups is 1. The van der Waals surface area contributed by atoms with Crippen LogP contribution in [0.1, 0.15) is 17.2 Å². The Labute approximate surface area is 115 Å². The molecule has 0 aliphatic rings. The van der Waals surface area contributed by atoms with Gasteiger partial charge in [-0.1, -0.05) is 30.3 Å². The molecule has 0 saturated carbocycles. The standard InChI is InChI=1S/C14H14FN3O2/c1-9-12(15)13(18-8-17-9)16-7-11(14(19)20)10-5-3-2-4-6-10/h2-6,8,11H,7H2,1H3,(H,19,20)(H,16,17,18). The third-order valence-electron chi connectivity index (χ3n) is 2.94. The smallest absolute Gasteiger partial charge is 0.312 e. The average molecular weight is 275 g/mol. The highest BCUT2D eigenvalue weighted by Gasteiger charge is 2.20. The Morgan fingerprint density at radius 2 is 2.05 bits per heavy atom. The maximum atomic E-state index is 13.7. The van der Waals surface area contributed by atoms with Gasteiger partial charge in [0.15, 0.2) is 11.6 Å². The SMILES string of the molecule is Cc1ncnc(NCC(C(=O)O)c2ccccc2)c1F. The van der Waals surface area contributed by atoms with Crippen LogP contribution in [0.15, 0.2) is 36.7 Å². The van der Waals surface area contributed by atoms with Crippen molar-refractivity contribution in [3.8, 4) is 0 Å². The molecule has 2 rings (SSSR count). The zero-order valence-electron chi connectivity index (χ0n) is 10.9. The summed E-state index contributed by atoms with van der Waals surface area (Å²) in [6.07, 6.45) is 1.24. The molecule has 0 amide bonds. The monoisotopic (exact) mass is 275 g/mol. The molecule has 2 aromatic rings. The molecule has 1 unspecified atom stereocenters. The average Bonchev–Trinajstić information content (AvgIpc) is 2.44. The fourth-order valence-electron chi connectivity index (χ4n) is 1.81. The molecule has 0 fully saturated rings. The van der Waals surface area contributed by atoms with Crippen LogP contribution >= 0.6 is 0 Å². The van der Waals surface area contributed by atoms with Crippen LogP contribution in [0, 0.1) is 12.7 Å². The largest absolute Gasteiger partial charge is 0.481 e. The number of aryl methyl sites for hydroxylation is 1. The number of anilines is 1. The van der Waals surface area contributed by atoms with Crippen molar-refractivity contribution in [2.24, 2.45) is 0 Å². The minimum Gasteiger partial charge on any atom is -0.481 e. The molecular weight excluding hydrogens is 261 g/mol. The first kappa shape index (κ1) is 13.9. The summed E-state index contributed by atoms with van der Waals surface area (Å²) >= 11 is 0. The van der Waals surface area contributed by atoms with Gasteiger partial charge in [0.1, 0.15) is 6.33 Å². The second kappa shape index (κ2) is 6.10. The Balaban J connectivity index is 2.14. The first-order valence-electron chi connectivity index (χ1n) is 6.08. The van der Waals surface area contributed by atoms with Crippen LogP contribution in [0.4, 0.5) is 10.2 Å². The number of nitrogens with one attached hydrogen (secondary N) is 1. The molecule has 1 atom stereocenters. The van der Waals surface area contributed by atoms with Crippen LogP contribution in [0.3, 0.4) is 0 Å². The second-order valence-electron chi connectivity index (χ2n) is 4.30. The predicted molar refractivity (Wildman–Crippen MR) is 72.0 cm³/mol. The Morgan fingerprint density at radius 1 is 1.35 bits per heavy atom. The summed E-state index contributed by atoms with van der Waals surface area (Å²) in [7, 11) is 0. The molecule has 2 N–H and O–H groups in total. The number of aliphatic carboxylic acids is 1. The van der Waals surface area contributed by atoms with E-state index in [9.17, 15) is 14.3 Å². The molecule has 1 aromatic heterocycles. The van der Waals surface area contributed by atoms with Gasteiger partial charge in [0.05, 0.1) is 11.6 Å². The van der Waals surface area contributed by atoms with Crippen molar-refractivity contribution in [2.75, 3.05) is 11.9 Å². The Morgan fingerprint density at radius 3 is 2.70 bits per heavy atom. The van der Waals surface area contributed by atoms with Gasteiger partial charge >= 0.3 is 5.97 Å². The highest BCUT2D eigenvalue weighted by Crippen LogP contribution is 2.18. The molecule has 0 spiro atoms. The fraction of sp³-hybridized carbons (Fsp3) is 0.214. The van der Waals surface area contributed by atoms with Gasteiger partial charge < -0.3 is 10.4 Å². The summed E-state index contributed by atoms with van der Waals surface area (Å²) in [6.45, 7) is 1.57. The summed E-state index contributed by atoms with van der Waals surface area (Å²) in [5.74, 6) is -2.30. The third kappa shape index (κ3) is 3.09. The Kier molecular flexibility index (Phi) is 4.24. The first-order chi connectivity index (χ1) is 9.59. The maximum Gasteiger partial charge on any atom is 0.312 e. The molecular formula is C14H14FN3O2. The van der Waals surface area contributed by atoms with Crippen molar-refractivity contribution >= 4 is 11.8 Å². The van der Waals surface area contributed by atoms with Gasteiger partial charge in [0, 0.05) is 6.54 Å². The maximum absolute atomic E-state index is 13.7. The Bertz CT molecular complexity index is 605. The van der Waals surface area contributed by atoms with E-state index in [2.05, 4.69) is 15.3 Å². The zero-order chi connectivity index (χ0) is 14.5. The number of carboxylic acids is 1. The van der Waals surface area contributed by atoms with Gasteiger partial charge in [-0.3, -0.25) is 4.79 Å². The number of hydrogen-bond donors (Lipinski definition) is 2. The summed E-state index contributed by atoms with van der Waals surface area (Å²) in [4.78, 5) is 18.8. The fourth-order valence-corrected chi connectivity index (χ4v) is 1.81. The minimum atomic E-state index is -0.977. The van der Waals surface area contributed by atoms with E-state index in [0.29, 0.717) is 5.56 Å². The molecule has 0 saturated heterocycles. The van der Waals surface area contributed by atoms with Crippen LogP contribution in [0.25, 0.3) is 0 Å². The van der Waals surface area contributed by atoms with Crippen LogP contribution in [-0.2, 0) is 4.79 Å². The number of hydrogen-bond acceptors (Lipinski definition) is 4. The van der Waals surface area contributed by atoms with Crippen molar-refractivity contribution in [3.63, 3.8) is 0 Å². The van der Waals surface area contributed by atoms with Crippen LogP contribution in [0.2, 0.25) is 0 Å². The lowest BCUT2D eigenvalue weighted by atomic mass is 9.99. The van der Waals surface area contributed by atoms with Gasteiger partial charge in [-0.05, 0) is 12.5 Å². The van der Waals surface area contributed by atoms with E-state index in [1.165, 1.54) is 13.3 Å². The lowest BCUT2D eigenvalue weighted by molar-refractivity contribution is -0.138. The topological polar surface area (TPSA) is 75.1 Å². The van der Waals surface area contributed by atoms with Gasteiger partial charge in [0.25, 0.3) is 0 Å². The van der Waals surface area contributed by atoms with E-state index >= 15 is 0 Å². The number of halogens is 1. The number of rotatable bonds is 5. The summed E-state index contributed by atoms with van der Waals surface area (Å²) in [5.41, 5.74) is 0.868. The first-order valence-corrected chi connectivity index (χ1v) is 6.08. The van der Waals surface area contributed by atoms with Crippen molar-refractivity contribution in [1.29, 1.82) is 0 Å². The third-order valence-corrected chi connectivity index (χ3v) is 2.94. The van der Waals surface area contributed by atoms with E-state index in [1.54, 1.807) is 24.3 Å². The number of aromatic nitrogens is 2. The molecule has 0 aliphatic heterocycles. The number of benzene rings is 1. The van der Waals surface area contributed by atoms with Crippen LogP contribution in [0.5, 0.6) is 0 Å². The summed E-state index contributed by atoms with van der Waals surface area (Å²) < 4.78 is 13.7. The molecule has 1 aromatic carbocycles. The summed E-state index contributed by atoms with van der Waals surface area (Å²) in [6, 6.07) is 8.79. The lowest BCUT2D eigenvalue weighted by Crippen LogP contribution is -2.22. The predicted octanol–water partition coefficient (Wildman–Crippen LogP) is 2.20. The van der Waals surface area contributed by atoms with Gasteiger partial charge in [0.2, 0.25) is 0 Å². The highest BCUT2D eigenvalue weighted by atomic mass is 19.1. The number of carboxylic acid groups (broad SMARTS) is 1. The molecule has 5 nitrogen and oxygen atoms in total. The molecule has 6 heteroatoms. The molecule has 0 bridgehead atoms.